The van der Waals surface area contributed by atoms with E-state index in [1.165, 1.54) is 26.7 Å². The van der Waals surface area contributed by atoms with Crippen LogP contribution < -0.4 is 0 Å². The van der Waals surface area contributed by atoms with Gasteiger partial charge in [0.2, 0.25) is 5.78 Å². The maximum Gasteiger partial charge on any atom is 0.308 e. The summed E-state index contributed by atoms with van der Waals surface area (Å²) in [7, 11) is 0. The Morgan fingerprint density at radius 1 is 0.900 bits per heavy atom. The van der Waals surface area contributed by atoms with Crippen LogP contribution >= 0.6 is 0 Å². The number of ether oxygens (including phenoxy) is 2. The summed E-state index contributed by atoms with van der Waals surface area (Å²) in [6.07, 6.45) is 6.32. The summed E-state index contributed by atoms with van der Waals surface area (Å²) in [5.74, 6) is 0.260. The average molecular weight is 555 g/mol. The van der Waals surface area contributed by atoms with Crippen LogP contribution in [0.1, 0.15) is 121 Å². The van der Waals surface area contributed by atoms with Gasteiger partial charge >= 0.3 is 11.9 Å². The van der Waals surface area contributed by atoms with Crippen LogP contribution in [0.2, 0.25) is 0 Å². The molecule has 0 heterocycles. The van der Waals surface area contributed by atoms with E-state index in [0.29, 0.717) is 53.7 Å². The lowest BCUT2D eigenvalue weighted by Gasteiger charge is -2.58. The summed E-state index contributed by atoms with van der Waals surface area (Å²) in [6.45, 7) is 19.8. The fourth-order valence-electron chi connectivity index (χ4n) is 9.39. The molecule has 0 radical (unpaired) electrons. The molecule has 4 aliphatic carbocycles. The second kappa shape index (κ2) is 10.2. The summed E-state index contributed by atoms with van der Waals surface area (Å²) in [4.78, 5) is 53.4. The number of carbonyl (C=O) groups excluding carboxylic acids is 4. The Kier molecular flexibility index (Phi) is 7.86. The van der Waals surface area contributed by atoms with Crippen LogP contribution in [0.3, 0.4) is 0 Å². The number of Topliss-reactive ketones (excluding diaryl/α,β-unsaturated/α-hetero) is 2. The highest BCUT2D eigenvalue weighted by Crippen LogP contribution is 2.71. The normalized spacial score (nSPS) is 35.8. The van der Waals surface area contributed by atoms with Gasteiger partial charge in [-0.1, -0.05) is 74.7 Å². The van der Waals surface area contributed by atoms with Crippen molar-refractivity contribution in [2.24, 2.45) is 39.4 Å². The first kappa shape index (κ1) is 30.7. The number of allylic oxidation sites excluding steroid dienone is 2. The van der Waals surface area contributed by atoms with E-state index >= 15 is 0 Å². The lowest BCUT2D eigenvalue weighted by atomic mass is 9.45. The highest BCUT2D eigenvalue weighted by atomic mass is 16.5. The van der Waals surface area contributed by atoms with Crippen molar-refractivity contribution in [2.75, 3.05) is 0 Å². The number of esters is 2. The molecule has 0 N–H and O–H groups in total. The maximum atomic E-state index is 14.6. The Morgan fingerprint density at radius 3 is 2.12 bits per heavy atom. The van der Waals surface area contributed by atoms with Crippen LogP contribution in [0, 0.1) is 39.4 Å². The van der Waals surface area contributed by atoms with Crippen LogP contribution in [0.4, 0.5) is 0 Å². The van der Waals surface area contributed by atoms with E-state index in [-0.39, 0.29) is 22.7 Å². The van der Waals surface area contributed by atoms with E-state index in [1.807, 2.05) is 20.8 Å². The quantitative estimate of drug-likeness (QED) is 0.307. The zero-order chi connectivity index (χ0) is 30.0. The van der Waals surface area contributed by atoms with E-state index < -0.39 is 34.3 Å². The summed E-state index contributed by atoms with van der Waals surface area (Å²) in [5.41, 5.74) is -0.623. The number of rotatable bonds is 7. The van der Waals surface area contributed by atoms with E-state index in [1.54, 1.807) is 0 Å². The Bertz CT molecular complexity index is 1190. The summed E-state index contributed by atoms with van der Waals surface area (Å²) in [6, 6.07) is 0. The standard InChI is InChI=1S/C34H50O6/c1-19(2)12-11-13-20(3)23-14-17-33(9)27-26(24(37)18-34(23,33)10)32(8)16-15-25(39-21(4)35)31(6,7)30(32)29(28(27)38)40-22(5)36/h19-20,23,25H,11-18H2,1-10H3/t20-,23-,25+,32-,33+,34-/m1/s1. The molecule has 2 saturated carbocycles. The van der Waals surface area contributed by atoms with Gasteiger partial charge in [-0.2, -0.15) is 0 Å². The molecule has 222 valence electrons. The second-order valence-corrected chi connectivity index (χ2v) is 14.9. The average Bonchev–Trinajstić information content (AvgIpc) is 3.08. The first-order valence-electron chi connectivity index (χ1n) is 15.4. The van der Waals surface area contributed by atoms with Gasteiger partial charge in [0.1, 0.15) is 6.10 Å². The molecule has 6 heteroatoms. The van der Waals surface area contributed by atoms with Gasteiger partial charge in [0.15, 0.2) is 11.5 Å². The van der Waals surface area contributed by atoms with E-state index in [9.17, 15) is 19.2 Å². The van der Waals surface area contributed by atoms with Crippen LogP contribution in [0.15, 0.2) is 22.5 Å². The molecule has 40 heavy (non-hydrogen) atoms. The van der Waals surface area contributed by atoms with Gasteiger partial charge in [0.25, 0.3) is 0 Å². The molecule has 0 unspecified atom stereocenters. The van der Waals surface area contributed by atoms with Gasteiger partial charge in [-0.15, -0.1) is 0 Å². The van der Waals surface area contributed by atoms with Gasteiger partial charge in [0.05, 0.1) is 0 Å². The number of carbonyl (C=O) groups is 4. The molecule has 0 amide bonds. The molecule has 0 spiro atoms. The second-order valence-electron chi connectivity index (χ2n) is 14.9. The van der Waals surface area contributed by atoms with E-state index in [4.69, 9.17) is 9.47 Å². The maximum absolute atomic E-state index is 14.6. The minimum atomic E-state index is -0.803. The third-order valence-electron chi connectivity index (χ3n) is 11.4. The molecule has 4 rings (SSSR count). The van der Waals surface area contributed by atoms with Crippen LogP contribution in [0.25, 0.3) is 0 Å². The molecule has 0 aromatic rings. The van der Waals surface area contributed by atoms with Crippen molar-refractivity contribution in [3.63, 3.8) is 0 Å². The minimum absolute atomic E-state index is 0.0438. The zero-order valence-corrected chi connectivity index (χ0v) is 26.4. The largest absolute Gasteiger partial charge is 0.462 e. The van der Waals surface area contributed by atoms with Crippen molar-refractivity contribution in [1.29, 1.82) is 0 Å². The summed E-state index contributed by atoms with van der Waals surface area (Å²) >= 11 is 0. The topological polar surface area (TPSA) is 86.7 Å². The molecule has 0 aliphatic heterocycles. The van der Waals surface area contributed by atoms with Crippen LogP contribution in [0.5, 0.6) is 0 Å². The molecule has 2 fully saturated rings. The minimum Gasteiger partial charge on any atom is -0.462 e. The fourth-order valence-corrected chi connectivity index (χ4v) is 9.39. The number of fused-ring (bicyclic) bond motifs is 4. The van der Waals surface area contributed by atoms with E-state index in [2.05, 4.69) is 34.6 Å². The number of hydrogen-bond donors (Lipinski definition) is 0. The van der Waals surface area contributed by atoms with Gasteiger partial charge < -0.3 is 9.47 Å². The van der Waals surface area contributed by atoms with Crippen molar-refractivity contribution >= 4 is 23.5 Å². The SMILES string of the molecule is CC(=O)OC1=C2C(C)(C)[C@@H](OC(C)=O)CC[C@]2(C)C2=C(C1=O)[C@]1(C)CC[C@H]([C@H](C)CCCC(C)C)[C@@]1(C)CC2=O. The first-order valence-corrected chi connectivity index (χ1v) is 15.4. The van der Waals surface area contributed by atoms with Crippen molar-refractivity contribution < 1.29 is 28.7 Å². The highest BCUT2D eigenvalue weighted by molar-refractivity contribution is 6.18. The molecule has 6 atom stereocenters. The Labute approximate surface area is 240 Å². The molecule has 6 nitrogen and oxygen atoms in total. The highest BCUT2D eigenvalue weighted by Gasteiger charge is 2.67. The van der Waals surface area contributed by atoms with Crippen molar-refractivity contribution in [3.05, 3.63) is 22.5 Å². The fraction of sp³-hybridized carbons (Fsp3) is 0.765. The number of ketones is 2. The molecule has 0 aromatic heterocycles. The van der Waals surface area contributed by atoms with E-state index in [0.717, 1.165) is 19.3 Å². The third-order valence-corrected chi connectivity index (χ3v) is 11.4. The van der Waals surface area contributed by atoms with Gasteiger partial charge in [-0.3, -0.25) is 19.2 Å². The first-order chi connectivity index (χ1) is 18.4. The predicted octanol–water partition coefficient (Wildman–Crippen LogP) is 7.30. The third kappa shape index (κ3) is 4.52. The van der Waals surface area contributed by atoms with Crippen molar-refractivity contribution in [2.45, 2.75) is 127 Å². The lowest BCUT2D eigenvalue weighted by molar-refractivity contribution is -0.155. The van der Waals surface area contributed by atoms with Crippen molar-refractivity contribution in [3.8, 4) is 0 Å². The predicted molar refractivity (Wildman–Crippen MR) is 154 cm³/mol. The Morgan fingerprint density at radius 2 is 1.55 bits per heavy atom. The summed E-state index contributed by atoms with van der Waals surface area (Å²) < 4.78 is 11.5. The molecule has 0 bridgehead atoms. The number of hydrogen-bond acceptors (Lipinski definition) is 6. The molecular weight excluding hydrogens is 504 g/mol. The zero-order valence-electron chi connectivity index (χ0n) is 26.4. The van der Waals surface area contributed by atoms with Crippen LogP contribution in [-0.2, 0) is 28.7 Å². The van der Waals surface area contributed by atoms with Gasteiger partial charge in [-0.25, -0.2) is 0 Å². The smallest absolute Gasteiger partial charge is 0.308 e. The van der Waals surface area contributed by atoms with Crippen molar-refractivity contribution in [1.82, 2.24) is 0 Å². The Balaban J connectivity index is 1.85. The summed E-state index contributed by atoms with van der Waals surface area (Å²) in [5, 5.41) is 0. The monoisotopic (exact) mass is 554 g/mol. The Hall–Kier alpha value is -2.24. The van der Waals surface area contributed by atoms with Crippen LogP contribution in [-0.4, -0.2) is 29.6 Å². The molecular formula is C34H50O6. The molecule has 0 saturated heterocycles. The van der Waals surface area contributed by atoms with Gasteiger partial charge in [-0.05, 0) is 54.4 Å². The molecule has 0 aromatic carbocycles. The van der Waals surface area contributed by atoms with Gasteiger partial charge in [0, 0.05) is 47.7 Å². The lowest BCUT2D eigenvalue weighted by Crippen LogP contribution is -2.56. The molecule has 4 aliphatic rings.